The van der Waals surface area contributed by atoms with Gasteiger partial charge in [0, 0.05) is 12.0 Å². The first kappa shape index (κ1) is 14.2. The monoisotopic (exact) mass is 307 g/mol. The highest BCUT2D eigenvalue weighted by molar-refractivity contribution is 6.52. The van der Waals surface area contributed by atoms with Gasteiger partial charge in [-0.1, -0.05) is 35.9 Å². The van der Waals surface area contributed by atoms with Crippen LogP contribution in [0, 0.1) is 6.92 Å². The van der Waals surface area contributed by atoms with Crippen LogP contribution in [0.1, 0.15) is 27.0 Å². The van der Waals surface area contributed by atoms with Crippen molar-refractivity contribution < 1.29 is 14.5 Å². The van der Waals surface area contributed by atoms with E-state index in [1.165, 1.54) is 16.0 Å². The molecule has 0 aromatic heterocycles. The SMILES string of the molecule is Cc1ccc2c(c1)C(=O)C(=O)N2C[NH+]1CCc2ccccc2C1. The summed E-state index contributed by atoms with van der Waals surface area (Å²) in [5.41, 5.74) is 5.06. The van der Waals surface area contributed by atoms with Gasteiger partial charge in [-0.05, 0) is 24.6 Å². The number of quaternary nitrogens is 1. The molecule has 4 nitrogen and oxygen atoms in total. The van der Waals surface area contributed by atoms with Gasteiger partial charge in [0.05, 0.1) is 17.8 Å². The third-order valence-electron chi connectivity index (χ3n) is 4.82. The van der Waals surface area contributed by atoms with Crippen LogP contribution in [0.25, 0.3) is 0 Å². The first-order chi connectivity index (χ1) is 11.1. The number of ketones is 1. The number of hydrogen-bond donors (Lipinski definition) is 1. The Kier molecular flexibility index (Phi) is 3.27. The number of amides is 1. The standard InChI is InChI=1S/C19H18N2O2/c1-13-6-7-17-16(10-13)18(22)19(23)21(17)12-20-9-8-14-4-2-3-5-15(14)11-20/h2-7,10H,8-9,11-12H2,1H3/p+1. The zero-order valence-corrected chi connectivity index (χ0v) is 13.1. The molecule has 0 aliphatic carbocycles. The Morgan fingerprint density at radius 3 is 2.70 bits per heavy atom. The molecule has 2 aromatic carbocycles. The lowest BCUT2D eigenvalue weighted by Crippen LogP contribution is -3.13. The summed E-state index contributed by atoms with van der Waals surface area (Å²) < 4.78 is 0. The van der Waals surface area contributed by atoms with Crippen LogP contribution >= 0.6 is 0 Å². The first-order valence-corrected chi connectivity index (χ1v) is 8.00. The Hall–Kier alpha value is -2.46. The molecule has 4 heteroatoms. The van der Waals surface area contributed by atoms with Gasteiger partial charge in [-0.25, -0.2) is 0 Å². The maximum atomic E-state index is 12.4. The van der Waals surface area contributed by atoms with E-state index in [0.717, 1.165) is 30.8 Å². The van der Waals surface area contributed by atoms with Gasteiger partial charge >= 0.3 is 5.91 Å². The van der Waals surface area contributed by atoms with E-state index in [1.807, 2.05) is 25.1 Å². The number of nitrogens with one attached hydrogen (secondary N) is 1. The van der Waals surface area contributed by atoms with Gasteiger partial charge in [0.2, 0.25) is 0 Å². The number of aryl methyl sites for hydroxylation is 1. The fourth-order valence-electron chi connectivity index (χ4n) is 3.57. The third-order valence-corrected chi connectivity index (χ3v) is 4.82. The summed E-state index contributed by atoms with van der Waals surface area (Å²) in [6.45, 7) is 4.37. The van der Waals surface area contributed by atoms with Gasteiger partial charge in [-0.2, -0.15) is 0 Å². The quantitative estimate of drug-likeness (QED) is 0.845. The molecule has 2 aliphatic heterocycles. The highest BCUT2D eigenvalue weighted by atomic mass is 16.2. The third kappa shape index (κ3) is 2.35. The summed E-state index contributed by atoms with van der Waals surface area (Å²) >= 11 is 0. The smallest absolute Gasteiger partial charge is 0.303 e. The molecule has 2 aliphatic rings. The predicted molar refractivity (Wildman–Crippen MR) is 87.5 cm³/mol. The van der Waals surface area contributed by atoms with Crippen molar-refractivity contribution >= 4 is 17.4 Å². The molecule has 1 amide bonds. The molecule has 0 spiro atoms. The maximum Gasteiger partial charge on any atom is 0.303 e. The van der Waals surface area contributed by atoms with Crippen LogP contribution in [-0.4, -0.2) is 24.9 Å². The van der Waals surface area contributed by atoms with Crippen molar-refractivity contribution in [1.29, 1.82) is 0 Å². The summed E-state index contributed by atoms with van der Waals surface area (Å²) in [7, 11) is 0. The van der Waals surface area contributed by atoms with Gasteiger partial charge in [0.15, 0.2) is 6.67 Å². The molecule has 0 bridgehead atoms. The van der Waals surface area contributed by atoms with E-state index in [1.54, 1.807) is 4.90 Å². The number of rotatable bonds is 2. The Labute approximate surface area is 135 Å². The van der Waals surface area contributed by atoms with Gasteiger partial charge in [0.25, 0.3) is 5.78 Å². The van der Waals surface area contributed by atoms with Gasteiger partial charge in [-0.3, -0.25) is 14.5 Å². The highest BCUT2D eigenvalue weighted by Crippen LogP contribution is 2.28. The summed E-state index contributed by atoms with van der Waals surface area (Å²) in [5, 5.41) is 0. The number of Topliss-reactive ketones (excluding diaryl/α,β-unsaturated/α-hetero) is 1. The molecule has 116 valence electrons. The second-order valence-electron chi connectivity index (χ2n) is 6.44. The Balaban J connectivity index is 1.59. The maximum absolute atomic E-state index is 12.4. The minimum Gasteiger partial charge on any atom is -0.313 e. The number of anilines is 1. The molecule has 0 fully saturated rings. The summed E-state index contributed by atoms with van der Waals surface area (Å²) in [5.74, 6) is -0.766. The highest BCUT2D eigenvalue weighted by Gasteiger charge is 2.38. The van der Waals surface area contributed by atoms with E-state index in [-0.39, 0.29) is 5.78 Å². The van der Waals surface area contributed by atoms with Crippen LogP contribution in [-0.2, 0) is 17.8 Å². The zero-order chi connectivity index (χ0) is 16.0. The van der Waals surface area contributed by atoms with Crippen molar-refractivity contribution in [1.82, 2.24) is 0 Å². The largest absolute Gasteiger partial charge is 0.313 e. The molecule has 0 radical (unpaired) electrons. The molecule has 1 N–H and O–H groups in total. The van der Waals surface area contributed by atoms with Crippen molar-refractivity contribution in [2.24, 2.45) is 0 Å². The summed E-state index contributed by atoms with van der Waals surface area (Å²) in [6.07, 6.45) is 1.02. The molecular weight excluding hydrogens is 288 g/mol. The van der Waals surface area contributed by atoms with Gasteiger partial charge < -0.3 is 4.90 Å². The van der Waals surface area contributed by atoms with E-state index < -0.39 is 5.91 Å². The molecule has 2 heterocycles. The molecule has 0 saturated carbocycles. The average molecular weight is 307 g/mol. The Morgan fingerprint density at radius 1 is 1.09 bits per heavy atom. The minimum atomic E-state index is -0.392. The molecule has 1 atom stereocenters. The zero-order valence-electron chi connectivity index (χ0n) is 13.1. The van der Waals surface area contributed by atoms with Crippen molar-refractivity contribution in [3.8, 4) is 0 Å². The lowest BCUT2D eigenvalue weighted by atomic mass is 10.0. The lowest BCUT2D eigenvalue weighted by molar-refractivity contribution is -0.914. The molecule has 1 unspecified atom stereocenters. The van der Waals surface area contributed by atoms with Crippen molar-refractivity contribution in [3.63, 3.8) is 0 Å². The molecule has 0 saturated heterocycles. The van der Waals surface area contributed by atoms with Gasteiger partial charge in [-0.15, -0.1) is 0 Å². The average Bonchev–Trinajstić information content (AvgIpc) is 2.79. The van der Waals surface area contributed by atoms with Crippen molar-refractivity contribution in [2.45, 2.75) is 19.9 Å². The predicted octanol–water partition coefficient (Wildman–Crippen LogP) is 1.12. The fourth-order valence-corrected chi connectivity index (χ4v) is 3.57. The Morgan fingerprint density at radius 2 is 1.87 bits per heavy atom. The van der Waals surface area contributed by atoms with E-state index in [4.69, 9.17) is 0 Å². The minimum absolute atomic E-state index is 0.375. The van der Waals surface area contributed by atoms with E-state index in [2.05, 4.69) is 24.3 Å². The lowest BCUT2D eigenvalue weighted by Gasteiger charge is -2.29. The number of hydrogen-bond acceptors (Lipinski definition) is 2. The number of benzene rings is 2. The first-order valence-electron chi connectivity index (χ1n) is 8.00. The second-order valence-corrected chi connectivity index (χ2v) is 6.44. The van der Waals surface area contributed by atoms with Gasteiger partial charge in [0.1, 0.15) is 6.54 Å². The van der Waals surface area contributed by atoms with Crippen LogP contribution in [0.2, 0.25) is 0 Å². The van der Waals surface area contributed by atoms with Crippen LogP contribution < -0.4 is 9.80 Å². The van der Waals surface area contributed by atoms with Crippen LogP contribution in [0.15, 0.2) is 42.5 Å². The van der Waals surface area contributed by atoms with E-state index in [9.17, 15) is 9.59 Å². The van der Waals surface area contributed by atoms with E-state index >= 15 is 0 Å². The summed E-state index contributed by atoms with van der Waals surface area (Å²) in [4.78, 5) is 27.5. The van der Waals surface area contributed by atoms with Crippen molar-refractivity contribution in [2.75, 3.05) is 18.1 Å². The van der Waals surface area contributed by atoms with Crippen LogP contribution in [0.3, 0.4) is 0 Å². The normalized spacial score (nSPS) is 19.7. The fraction of sp³-hybridized carbons (Fsp3) is 0.263. The number of nitrogens with zero attached hydrogens (tertiary/aromatic N) is 1. The van der Waals surface area contributed by atoms with Crippen molar-refractivity contribution in [3.05, 3.63) is 64.7 Å². The summed E-state index contributed by atoms with van der Waals surface area (Å²) in [6, 6.07) is 14.1. The van der Waals surface area contributed by atoms with Crippen LogP contribution in [0.4, 0.5) is 5.69 Å². The number of carbonyl (C=O) groups excluding carboxylic acids is 2. The molecule has 2 aromatic rings. The second kappa shape index (κ2) is 5.32. The number of fused-ring (bicyclic) bond motifs is 2. The van der Waals surface area contributed by atoms with Crippen LogP contribution in [0.5, 0.6) is 0 Å². The molecular formula is C19H19N2O2+. The molecule has 4 rings (SSSR count). The van der Waals surface area contributed by atoms with E-state index in [0.29, 0.717) is 12.2 Å². The topological polar surface area (TPSA) is 41.8 Å². The molecule has 23 heavy (non-hydrogen) atoms. The number of carbonyl (C=O) groups is 2. The Bertz CT molecular complexity index is 813.